The molecule has 2 atom stereocenters. The van der Waals surface area contributed by atoms with Crippen molar-refractivity contribution in [3.8, 4) is 0 Å². The number of ketones is 1. The highest BCUT2D eigenvalue weighted by Gasteiger charge is 2.38. The molecule has 3 N–H and O–H groups in total. The van der Waals surface area contributed by atoms with Crippen molar-refractivity contribution in [3.05, 3.63) is 88.2 Å². The van der Waals surface area contributed by atoms with Crippen LogP contribution in [0.2, 0.25) is 10.0 Å². The second kappa shape index (κ2) is 14.7. The molecule has 1 unspecified atom stereocenters. The van der Waals surface area contributed by atoms with Crippen molar-refractivity contribution in [2.45, 2.75) is 38.3 Å². The zero-order valence-electron chi connectivity index (χ0n) is 25.4. The van der Waals surface area contributed by atoms with E-state index < -0.39 is 66.3 Å². The number of hydrogen-bond donors (Lipinski definition) is 3. The SMILES string of the molecule is CC(=O)N1C[C@H](NC(=O)CCc2ccccc2)C(=O)N(CC(=O)NC(CC(=O)O)C(=O)c2nc3cc(Cl)cc(Cl)c3o2)c2ccccc21. The van der Waals surface area contributed by atoms with Crippen molar-refractivity contribution in [2.75, 3.05) is 22.9 Å². The molecule has 13 nitrogen and oxygen atoms in total. The van der Waals surface area contributed by atoms with E-state index in [0.717, 1.165) is 10.5 Å². The molecule has 2 heterocycles. The Morgan fingerprint density at radius 1 is 1.00 bits per heavy atom. The minimum absolute atomic E-state index is 0.0449. The third-order valence-electron chi connectivity index (χ3n) is 7.54. The molecule has 3 aromatic carbocycles. The van der Waals surface area contributed by atoms with E-state index >= 15 is 0 Å². The van der Waals surface area contributed by atoms with Crippen LogP contribution in [0.15, 0.2) is 71.1 Å². The van der Waals surface area contributed by atoms with Crippen LogP contribution in [-0.4, -0.2) is 70.6 Å². The van der Waals surface area contributed by atoms with Crippen molar-refractivity contribution < 1.29 is 38.3 Å². The van der Waals surface area contributed by atoms with Gasteiger partial charge in [0.2, 0.25) is 23.5 Å². The van der Waals surface area contributed by atoms with Gasteiger partial charge >= 0.3 is 5.97 Å². The maximum absolute atomic E-state index is 14.0. The molecule has 0 fully saturated rings. The van der Waals surface area contributed by atoms with E-state index in [2.05, 4.69) is 15.6 Å². The maximum atomic E-state index is 14.0. The Balaban J connectivity index is 1.39. The van der Waals surface area contributed by atoms with E-state index in [-0.39, 0.29) is 39.8 Å². The van der Waals surface area contributed by atoms with E-state index in [0.29, 0.717) is 12.1 Å². The summed E-state index contributed by atoms with van der Waals surface area (Å²) in [5, 5.41) is 14.9. The van der Waals surface area contributed by atoms with Gasteiger partial charge < -0.3 is 25.1 Å². The molecule has 0 aliphatic carbocycles. The number of aliphatic carboxylic acids is 1. The number of fused-ring (bicyclic) bond motifs is 2. The van der Waals surface area contributed by atoms with Crippen LogP contribution in [-0.2, 0) is 30.4 Å². The molecule has 0 radical (unpaired) electrons. The average molecular weight is 695 g/mol. The summed E-state index contributed by atoms with van der Waals surface area (Å²) in [4.78, 5) is 84.7. The first-order valence-electron chi connectivity index (χ1n) is 14.7. The van der Waals surface area contributed by atoms with E-state index in [1.54, 1.807) is 18.2 Å². The van der Waals surface area contributed by atoms with Crippen molar-refractivity contribution >= 4 is 81.1 Å². The minimum atomic E-state index is -1.64. The van der Waals surface area contributed by atoms with Crippen LogP contribution < -0.4 is 20.4 Å². The number of oxazole rings is 1. The van der Waals surface area contributed by atoms with Crippen LogP contribution >= 0.6 is 23.2 Å². The Bertz CT molecular complexity index is 1910. The number of para-hydroxylation sites is 2. The summed E-state index contributed by atoms with van der Waals surface area (Å²) in [6.45, 7) is 0.425. The number of aryl methyl sites for hydroxylation is 1. The summed E-state index contributed by atoms with van der Waals surface area (Å²) in [5.74, 6) is -5.31. The number of Topliss-reactive ketones (excluding diaryl/α,β-unsaturated/α-hetero) is 1. The number of anilines is 2. The fraction of sp³-hybridized carbons (Fsp3) is 0.242. The number of benzene rings is 3. The Morgan fingerprint density at radius 3 is 2.38 bits per heavy atom. The molecule has 5 rings (SSSR count). The van der Waals surface area contributed by atoms with E-state index in [9.17, 15) is 33.9 Å². The number of nitrogens with zero attached hydrogens (tertiary/aromatic N) is 3. The van der Waals surface area contributed by atoms with Crippen LogP contribution in [0.3, 0.4) is 0 Å². The lowest BCUT2D eigenvalue weighted by atomic mass is 10.1. The smallest absolute Gasteiger partial charge is 0.305 e. The lowest BCUT2D eigenvalue weighted by molar-refractivity contribution is -0.137. The summed E-state index contributed by atoms with van der Waals surface area (Å²) in [7, 11) is 0. The number of carboxylic acid groups (broad SMARTS) is 1. The fourth-order valence-electron chi connectivity index (χ4n) is 5.31. The highest BCUT2D eigenvalue weighted by atomic mass is 35.5. The molecular formula is C33H29Cl2N5O8. The number of carbonyl (C=O) groups is 6. The van der Waals surface area contributed by atoms with Gasteiger partial charge in [-0.25, -0.2) is 4.98 Å². The van der Waals surface area contributed by atoms with Crippen LogP contribution in [0.4, 0.5) is 11.4 Å². The third-order valence-corrected chi connectivity index (χ3v) is 8.04. The maximum Gasteiger partial charge on any atom is 0.305 e. The van der Waals surface area contributed by atoms with E-state index in [1.165, 1.54) is 30.0 Å². The van der Waals surface area contributed by atoms with Gasteiger partial charge in [-0.05, 0) is 36.2 Å². The van der Waals surface area contributed by atoms with Crippen LogP contribution in [0, 0.1) is 0 Å². The van der Waals surface area contributed by atoms with E-state index in [4.69, 9.17) is 27.6 Å². The van der Waals surface area contributed by atoms with Crippen molar-refractivity contribution in [2.24, 2.45) is 0 Å². The number of aromatic nitrogens is 1. The first-order valence-corrected chi connectivity index (χ1v) is 15.5. The quantitative estimate of drug-likeness (QED) is 0.197. The largest absolute Gasteiger partial charge is 0.481 e. The number of nitrogens with one attached hydrogen (secondary N) is 2. The Kier molecular flexibility index (Phi) is 10.4. The first kappa shape index (κ1) is 34.1. The van der Waals surface area contributed by atoms with Gasteiger partial charge in [0.05, 0.1) is 29.4 Å². The Morgan fingerprint density at radius 2 is 1.69 bits per heavy atom. The summed E-state index contributed by atoms with van der Waals surface area (Å²) in [6, 6.07) is 15.6. The predicted octanol–water partition coefficient (Wildman–Crippen LogP) is 3.79. The zero-order valence-corrected chi connectivity index (χ0v) is 27.0. The average Bonchev–Trinajstić information content (AvgIpc) is 3.44. The molecule has 0 saturated carbocycles. The van der Waals surface area contributed by atoms with Crippen molar-refractivity contribution in [1.29, 1.82) is 0 Å². The molecule has 248 valence electrons. The topological polar surface area (TPSA) is 179 Å². The molecule has 1 aliphatic rings. The molecule has 4 aromatic rings. The molecule has 4 amide bonds. The van der Waals surface area contributed by atoms with Crippen LogP contribution in [0.5, 0.6) is 0 Å². The van der Waals surface area contributed by atoms with Gasteiger partial charge in [-0.15, -0.1) is 0 Å². The molecule has 15 heteroatoms. The van der Waals surface area contributed by atoms with Gasteiger partial charge in [0.15, 0.2) is 5.58 Å². The number of hydrogen-bond acceptors (Lipinski definition) is 8. The second-order valence-electron chi connectivity index (χ2n) is 11.0. The monoisotopic (exact) mass is 693 g/mol. The first-order chi connectivity index (χ1) is 22.9. The highest BCUT2D eigenvalue weighted by Crippen LogP contribution is 2.33. The summed E-state index contributed by atoms with van der Waals surface area (Å²) >= 11 is 12.1. The van der Waals surface area contributed by atoms with E-state index in [1.807, 2.05) is 30.3 Å². The fourth-order valence-corrected chi connectivity index (χ4v) is 5.83. The Hall–Kier alpha value is -5.27. The highest BCUT2D eigenvalue weighted by molar-refractivity contribution is 6.38. The normalized spacial score (nSPS) is 15.0. The third kappa shape index (κ3) is 7.81. The number of rotatable bonds is 11. The summed E-state index contributed by atoms with van der Waals surface area (Å²) < 4.78 is 5.49. The Labute approximate surface area is 283 Å². The lowest BCUT2D eigenvalue weighted by Crippen LogP contribution is -2.55. The number of amides is 4. The molecule has 0 spiro atoms. The molecule has 1 aromatic heterocycles. The summed E-state index contributed by atoms with van der Waals surface area (Å²) in [6.07, 6.45) is -0.358. The predicted molar refractivity (Wildman–Crippen MR) is 176 cm³/mol. The van der Waals surface area contributed by atoms with Crippen LogP contribution in [0.1, 0.15) is 36.0 Å². The van der Waals surface area contributed by atoms with Gasteiger partial charge in [-0.3, -0.25) is 33.7 Å². The molecule has 0 saturated heterocycles. The molecule has 1 aliphatic heterocycles. The van der Waals surface area contributed by atoms with Crippen molar-refractivity contribution in [1.82, 2.24) is 15.6 Å². The van der Waals surface area contributed by atoms with Crippen molar-refractivity contribution in [3.63, 3.8) is 0 Å². The molecular weight excluding hydrogens is 665 g/mol. The van der Waals surface area contributed by atoms with Gasteiger partial charge in [-0.2, -0.15) is 0 Å². The van der Waals surface area contributed by atoms with Gasteiger partial charge in [0.1, 0.15) is 24.1 Å². The second-order valence-corrected chi connectivity index (χ2v) is 11.8. The minimum Gasteiger partial charge on any atom is -0.481 e. The lowest BCUT2D eigenvalue weighted by Gasteiger charge is -2.26. The zero-order chi connectivity index (χ0) is 34.5. The molecule has 0 bridgehead atoms. The van der Waals surface area contributed by atoms with Gasteiger partial charge in [0, 0.05) is 18.4 Å². The number of halogens is 2. The number of carbonyl (C=O) groups excluding carboxylic acids is 5. The van der Waals surface area contributed by atoms with Gasteiger partial charge in [0.25, 0.3) is 11.8 Å². The number of carboxylic acids is 1. The standard InChI is InChI=1S/C33H29Cl2N5O8/c1-18(41)39-16-24(37-27(42)12-11-19-7-3-2-4-8-19)33(47)40(26-10-6-5-9-25(26)39)17-28(43)36-22(15-29(44)45)30(46)32-38-23-14-20(34)13-21(35)31(23)48-32/h2-10,13-14,22,24H,11-12,15-17H2,1H3,(H,36,43)(H,37,42)(H,44,45)/t22?,24-/m0/s1. The molecule has 48 heavy (non-hydrogen) atoms. The van der Waals surface area contributed by atoms with Crippen LogP contribution in [0.25, 0.3) is 11.1 Å². The summed E-state index contributed by atoms with van der Waals surface area (Å²) in [5.41, 5.74) is 1.62. The van der Waals surface area contributed by atoms with Gasteiger partial charge in [-0.1, -0.05) is 65.7 Å².